The number of aromatic nitrogens is 1. The molecule has 0 radical (unpaired) electrons. The Morgan fingerprint density at radius 1 is 0.583 bits per heavy atom. The van der Waals surface area contributed by atoms with E-state index in [4.69, 9.17) is 18.9 Å². The van der Waals surface area contributed by atoms with Crippen molar-refractivity contribution in [3.05, 3.63) is 132 Å². The second-order valence-electron chi connectivity index (χ2n) is 14.5. The first-order valence-electron chi connectivity index (χ1n) is 20.0. The van der Waals surface area contributed by atoms with Gasteiger partial charge in [0, 0.05) is 19.9 Å². The van der Waals surface area contributed by atoms with Crippen LogP contribution in [0.3, 0.4) is 0 Å². The topological polar surface area (TPSA) is 125 Å². The van der Waals surface area contributed by atoms with E-state index in [1.807, 2.05) is 19.1 Å². The number of nitrogens with zero attached hydrogens (tertiary/aromatic N) is 3. The van der Waals surface area contributed by atoms with Crippen molar-refractivity contribution < 1.29 is 38.1 Å². The molecule has 11 nitrogen and oxygen atoms in total. The molecule has 0 bridgehead atoms. The fourth-order valence-electron chi connectivity index (χ4n) is 7.26. The number of ether oxygens (including phenoxy) is 4. The number of carbonyl (C=O) groups excluding carboxylic acids is 4. The Balaban J connectivity index is 1.12. The van der Waals surface area contributed by atoms with E-state index < -0.39 is 31.4 Å². The molecule has 0 unspecified atom stereocenters. The summed E-state index contributed by atoms with van der Waals surface area (Å²) in [5, 5.41) is 5.07. The zero-order valence-electron chi connectivity index (χ0n) is 34.3. The van der Waals surface area contributed by atoms with Crippen molar-refractivity contribution in [1.82, 2.24) is 14.8 Å². The van der Waals surface area contributed by atoms with Crippen LogP contribution in [0.2, 0.25) is 0 Å². The number of hydrogen-bond acceptors (Lipinski definition) is 10. The third kappa shape index (κ3) is 11.3. The monoisotopic (exact) mass is 847 g/mol. The summed E-state index contributed by atoms with van der Waals surface area (Å²) in [6.45, 7) is 5.10. The van der Waals surface area contributed by atoms with Crippen LogP contribution < -0.4 is 34.9 Å². The Hall–Kier alpha value is -6.10. The van der Waals surface area contributed by atoms with Crippen molar-refractivity contribution >= 4 is 68.9 Å². The first-order valence-corrected chi connectivity index (χ1v) is 23.0. The largest absolute Gasteiger partial charge is 0.423 e. The van der Waals surface area contributed by atoms with Crippen molar-refractivity contribution in [2.24, 2.45) is 0 Å². The third-order valence-electron chi connectivity index (χ3n) is 10.1. The van der Waals surface area contributed by atoms with Crippen LogP contribution >= 0.6 is 18.6 Å². The van der Waals surface area contributed by atoms with E-state index in [1.54, 1.807) is 18.0 Å². The summed E-state index contributed by atoms with van der Waals surface area (Å²) in [4.78, 5) is 57.7. The van der Waals surface area contributed by atoms with E-state index in [0.717, 1.165) is 47.1 Å². The van der Waals surface area contributed by atoms with Crippen LogP contribution in [0.1, 0.15) is 44.5 Å². The van der Waals surface area contributed by atoms with Crippen LogP contribution in [0.4, 0.5) is 9.59 Å². The summed E-state index contributed by atoms with van der Waals surface area (Å²) in [5.41, 5.74) is 0.842. The number of aryl methyl sites for hydroxylation is 1. The van der Waals surface area contributed by atoms with Crippen LogP contribution in [0, 0.1) is 6.92 Å². The smallest absolute Gasteiger partial charge is 0.308 e. The molecule has 0 N–H and O–H groups in total. The standard InChI is InChI=1S/C47H50N3O8PS/c1-34-48-42-26-24-38(33-45(42)60-34)58-47(54)50(30-29-49(4)46(53)57-37-25-27-43(55-35(2)51)44(32-37)56-36(3)52)28-16-5-6-17-31-59(39-18-10-7-11-19-39,40-20-12-8-13-21-40)41-22-14-9-15-23-41/h7-15,18-27,32-33,59H,5-6,16-17,28-31H2,1-4H3. The molecule has 1 heterocycles. The van der Waals surface area contributed by atoms with Crippen LogP contribution in [-0.4, -0.2) is 71.8 Å². The molecule has 13 heteroatoms. The zero-order valence-corrected chi connectivity index (χ0v) is 36.1. The van der Waals surface area contributed by atoms with E-state index >= 15 is 0 Å². The number of amides is 2. The Labute approximate surface area is 355 Å². The SMILES string of the molecule is CC(=O)Oc1ccc(OC(=O)N(C)CCN(CCCCCC[PH](c2ccccc2)(c2ccccc2)c2ccccc2)C(=O)Oc2ccc3nc(C)sc3c2)cc1OC(C)=O. The normalized spacial score (nSPS) is 11.4. The molecule has 1 aromatic heterocycles. The second-order valence-corrected chi connectivity index (χ2v) is 19.7. The average molecular weight is 848 g/mol. The Bertz CT molecular complexity index is 2300. The summed E-state index contributed by atoms with van der Waals surface area (Å²) in [6, 6.07) is 42.2. The maximum atomic E-state index is 13.8. The molecule has 0 aliphatic heterocycles. The van der Waals surface area contributed by atoms with Crippen LogP contribution in [0.25, 0.3) is 10.2 Å². The Kier molecular flexibility index (Phi) is 15.0. The minimum atomic E-state index is -2.35. The molecule has 0 aliphatic rings. The maximum absolute atomic E-state index is 13.8. The summed E-state index contributed by atoms with van der Waals surface area (Å²) in [6.07, 6.45) is 3.44. The Morgan fingerprint density at radius 3 is 1.72 bits per heavy atom. The van der Waals surface area contributed by atoms with Gasteiger partial charge in [0.25, 0.3) is 0 Å². The van der Waals surface area contributed by atoms with E-state index in [1.165, 1.54) is 64.2 Å². The van der Waals surface area contributed by atoms with Crippen molar-refractivity contribution in [2.75, 3.05) is 32.8 Å². The van der Waals surface area contributed by atoms with Crippen LogP contribution in [0.15, 0.2) is 127 Å². The van der Waals surface area contributed by atoms with Gasteiger partial charge < -0.3 is 9.47 Å². The number of hydrogen-bond donors (Lipinski definition) is 0. The predicted octanol–water partition coefficient (Wildman–Crippen LogP) is 8.67. The molecule has 0 spiro atoms. The van der Waals surface area contributed by atoms with Gasteiger partial charge in [0.05, 0.1) is 10.5 Å². The predicted molar refractivity (Wildman–Crippen MR) is 240 cm³/mol. The zero-order chi connectivity index (χ0) is 42.5. The van der Waals surface area contributed by atoms with Gasteiger partial charge in [0.1, 0.15) is 5.75 Å². The van der Waals surface area contributed by atoms with Crippen LogP contribution in [0.5, 0.6) is 23.0 Å². The minimum absolute atomic E-state index is 0.00890. The molecule has 2 amide bonds. The maximum Gasteiger partial charge on any atom is 0.308 e. The molecule has 0 saturated heterocycles. The van der Waals surface area contributed by atoms with Crippen molar-refractivity contribution in [2.45, 2.75) is 46.5 Å². The molecule has 60 heavy (non-hydrogen) atoms. The molecule has 0 saturated carbocycles. The molecule has 5 aromatic carbocycles. The number of esters is 2. The van der Waals surface area contributed by atoms with E-state index in [0.29, 0.717) is 12.3 Å². The molecule has 0 atom stereocenters. The molecule has 312 valence electrons. The molecular formula is C47H50N3O8PS. The minimum Gasteiger partial charge on any atom is -0.423 e. The number of fused-ring (bicyclic) bond motifs is 1. The summed E-state index contributed by atoms with van der Waals surface area (Å²) in [5.74, 6) is -0.816. The number of unbranched alkanes of at least 4 members (excludes halogenated alkanes) is 3. The average Bonchev–Trinajstić information content (AvgIpc) is 3.62. The van der Waals surface area contributed by atoms with E-state index in [9.17, 15) is 19.2 Å². The fourth-order valence-corrected chi connectivity index (χ4v) is 13.0. The van der Waals surface area contributed by atoms with Crippen molar-refractivity contribution in [1.29, 1.82) is 0 Å². The quantitative estimate of drug-likeness (QED) is 0.0384. The van der Waals surface area contributed by atoms with E-state index in [2.05, 4.69) is 96.0 Å². The first-order chi connectivity index (χ1) is 29.0. The van der Waals surface area contributed by atoms with Gasteiger partial charge in [-0.15, -0.1) is 11.3 Å². The van der Waals surface area contributed by atoms with E-state index in [-0.39, 0.29) is 30.3 Å². The number of likely N-dealkylation sites (N-methyl/N-ethyl adjacent to an activating group) is 1. The number of thiazole rings is 1. The molecule has 0 aliphatic carbocycles. The Morgan fingerprint density at radius 2 is 1.12 bits per heavy atom. The van der Waals surface area contributed by atoms with Gasteiger partial charge in [-0.05, 0) is 19.1 Å². The summed E-state index contributed by atoms with van der Waals surface area (Å²) < 4.78 is 22.7. The van der Waals surface area contributed by atoms with Crippen LogP contribution in [-0.2, 0) is 9.59 Å². The summed E-state index contributed by atoms with van der Waals surface area (Å²) in [7, 11) is -0.785. The van der Waals surface area contributed by atoms with Gasteiger partial charge in [-0.3, -0.25) is 9.59 Å². The van der Waals surface area contributed by atoms with Gasteiger partial charge in [0.15, 0.2) is 11.5 Å². The van der Waals surface area contributed by atoms with Gasteiger partial charge in [-0.25, -0.2) is 4.98 Å². The number of benzene rings is 5. The molecule has 0 fully saturated rings. The van der Waals surface area contributed by atoms with Crippen molar-refractivity contribution in [3.8, 4) is 23.0 Å². The summed E-state index contributed by atoms with van der Waals surface area (Å²) >= 11 is 1.53. The number of carbonyl (C=O) groups is 4. The van der Waals surface area contributed by atoms with Gasteiger partial charge >= 0.3 is 254 Å². The van der Waals surface area contributed by atoms with Gasteiger partial charge in [0.2, 0.25) is 0 Å². The van der Waals surface area contributed by atoms with Gasteiger partial charge in [-0.1, -0.05) is 0 Å². The molecule has 6 aromatic rings. The number of rotatable bonds is 17. The first kappa shape index (κ1) is 43.5. The van der Waals surface area contributed by atoms with Crippen molar-refractivity contribution in [3.63, 3.8) is 0 Å². The molecule has 6 rings (SSSR count). The molecular weight excluding hydrogens is 798 g/mol. The second kappa shape index (κ2) is 20.7. The van der Waals surface area contributed by atoms with Gasteiger partial charge in [-0.2, -0.15) is 0 Å². The third-order valence-corrected chi connectivity index (χ3v) is 16.1. The fraction of sp³-hybridized carbons (Fsp3) is 0.255.